The van der Waals surface area contributed by atoms with Crippen molar-refractivity contribution in [1.82, 2.24) is 9.78 Å². The zero-order chi connectivity index (χ0) is 16.4. The van der Waals surface area contributed by atoms with E-state index in [0.717, 1.165) is 11.6 Å². The van der Waals surface area contributed by atoms with E-state index in [1.165, 1.54) is 12.3 Å². The van der Waals surface area contributed by atoms with Crippen LogP contribution in [0.1, 0.15) is 15.9 Å². The van der Waals surface area contributed by atoms with E-state index >= 15 is 0 Å². The average Bonchev–Trinajstić information content (AvgIpc) is 2.99. The highest BCUT2D eigenvalue weighted by Gasteiger charge is 2.19. The molecular weight excluding hydrogens is 302 g/mol. The molecule has 0 spiro atoms. The highest BCUT2D eigenvalue weighted by Crippen LogP contribution is 2.26. The van der Waals surface area contributed by atoms with Crippen molar-refractivity contribution in [2.45, 2.75) is 6.54 Å². The smallest absolute Gasteiger partial charge is 0.338 e. The minimum atomic E-state index is -1.51. The van der Waals surface area contributed by atoms with Crippen LogP contribution >= 0.6 is 0 Å². The van der Waals surface area contributed by atoms with E-state index in [1.54, 1.807) is 10.9 Å². The zero-order valence-corrected chi connectivity index (χ0v) is 11.9. The molecule has 0 saturated carbocycles. The molecular formula is C17H12F2N2O2. The van der Waals surface area contributed by atoms with Crippen LogP contribution in [0.3, 0.4) is 0 Å². The number of benzene rings is 2. The second-order valence-electron chi connectivity index (χ2n) is 5.01. The fourth-order valence-corrected chi connectivity index (χ4v) is 2.30. The highest BCUT2D eigenvalue weighted by atomic mass is 19.2. The molecule has 1 N–H and O–H groups in total. The van der Waals surface area contributed by atoms with Crippen LogP contribution in [-0.2, 0) is 6.54 Å². The third-order valence-electron chi connectivity index (χ3n) is 3.44. The summed E-state index contributed by atoms with van der Waals surface area (Å²) in [7, 11) is 0. The molecule has 6 heteroatoms. The predicted molar refractivity (Wildman–Crippen MR) is 80.1 cm³/mol. The van der Waals surface area contributed by atoms with Crippen LogP contribution in [0.4, 0.5) is 8.78 Å². The van der Waals surface area contributed by atoms with Gasteiger partial charge in [-0.2, -0.15) is 5.10 Å². The van der Waals surface area contributed by atoms with Crippen molar-refractivity contribution in [2.75, 3.05) is 0 Å². The van der Waals surface area contributed by atoms with E-state index in [0.29, 0.717) is 12.1 Å². The molecule has 23 heavy (non-hydrogen) atoms. The molecule has 1 heterocycles. The molecule has 0 amide bonds. The van der Waals surface area contributed by atoms with Crippen LogP contribution in [0.5, 0.6) is 0 Å². The summed E-state index contributed by atoms with van der Waals surface area (Å²) in [5.74, 6) is -4.07. The van der Waals surface area contributed by atoms with Gasteiger partial charge >= 0.3 is 5.97 Å². The molecule has 116 valence electrons. The molecule has 0 radical (unpaired) electrons. The molecule has 0 fully saturated rings. The van der Waals surface area contributed by atoms with Gasteiger partial charge in [0.1, 0.15) is 0 Å². The van der Waals surface area contributed by atoms with E-state index in [1.807, 2.05) is 30.3 Å². The Morgan fingerprint density at radius 1 is 1.09 bits per heavy atom. The van der Waals surface area contributed by atoms with Crippen LogP contribution in [0.2, 0.25) is 0 Å². The molecule has 0 aliphatic carbocycles. The third-order valence-corrected chi connectivity index (χ3v) is 3.44. The number of hydrogen-bond acceptors (Lipinski definition) is 2. The number of halogens is 2. The first kappa shape index (κ1) is 14.9. The van der Waals surface area contributed by atoms with Gasteiger partial charge in [-0.3, -0.25) is 4.68 Å². The van der Waals surface area contributed by atoms with Crippen molar-refractivity contribution in [2.24, 2.45) is 0 Å². The van der Waals surface area contributed by atoms with Crippen molar-refractivity contribution in [1.29, 1.82) is 0 Å². The minimum Gasteiger partial charge on any atom is -0.478 e. The standard InChI is InChI=1S/C17H12F2N2O2/c18-15-13(6-7-14(16(15)19)17(22)23)12-8-20-21(10-12)9-11-4-2-1-3-5-11/h1-8,10H,9H2,(H,22,23). The maximum Gasteiger partial charge on any atom is 0.338 e. The summed E-state index contributed by atoms with van der Waals surface area (Å²) in [5.41, 5.74) is 0.694. The molecule has 0 aliphatic rings. The number of carboxylic acids is 1. The SMILES string of the molecule is O=C(O)c1ccc(-c2cnn(Cc3ccccc3)c2)c(F)c1F. The summed E-state index contributed by atoms with van der Waals surface area (Å²) in [4.78, 5) is 10.8. The van der Waals surface area contributed by atoms with Gasteiger partial charge in [0.2, 0.25) is 0 Å². The summed E-state index contributed by atoms with van der Waals surface area (Å²) < 4.78 is 29.4. The van der Waals surface area contributed by atoms with Gasteiger partial charge in [0.15, 0.2) is 11.6 Å². The van der Waals surface area contributed by atoms with Crippen LogP contribution < -0.4 is 0 Å². The van der Waals surface area contributed by atoms with Crippen molar-refractivity contribution in [3.8, 4) is 11.1 Å². The lowest BCUT2D eigenvalue weighted by Crippen LogP contribution is -2.03. The normalized spacial score (nSPS) is 10.7. The number of hydrogen-bond donors (Lipinski definition) is 1. The highest BCUT2D eigenvalue weighted by molar-refractivity contribution is 5.88. The Labute approximate surface area is 130 Å². The molecule has 3 aromatic rings. The average molecular weight is 314 g/mol. The molecule has 4 nitrogen and oxygen atoms in total. The van der Waals surface area contributed by atoms with Gasteiger partial charge in [0.25, 0.3) is 0 Å². The summed E-state index contributed by atoms with van der Waals surface area (Å²) in [6, 6.07) is 11.9. The van der Waals surface area contributed by atoms with E-state index in [-0.39, 0.29) is 5.56 Å². The molecule has 0 unspecified atom stereocenters. The van der Waals surface area contributed by atoms with E-state index in [9.17, 15) is 13.6 Å². The van der Waals surface area contributed by atoms with Gasteiger partial charge in [-0.05, 0) is 11.6 Å². The van der Waals surface area contributed by atoms with Crippen molar-refractivity contribution >= 4 is 5.97 Å². The van der Waals surface area contributed by atoms with Crippen molar-refractivity contribution in [3.05, 3.63) is 77.6 Å². The molecule has 0 bridgehead atoms. The van der Waals surface area contributed by atoms with Crippen molar-refractivity contribution in [3.63, 3.8) is 0 Å². The Kier molecular flexibility index (Phi) is 3.89. The van der Waals surface area contributed by atoms with Gasteiger partial charge < -0.3 is 5.11 Å². The van der Waals surface area contributed by atoms with Crippen molar-refractivity contribution < 1.29 is 18.7 Å². The first-order valence-corrected chi connectivity index (χ1v) is 6.84. The summed E-state index contributed by atoms with van der Waals surface area (Å²) in [6.07, 6.45) is 3.01. The number of carbonyl (C=O) groups is 1. The van der Waals surface area contributed by atoms with E-state index in [4.69, 9.17) is 5.11 Å². The number of rotatable bonds is 4. The summed E-state index contributed by atoms with van der Waals surface area (Å²) >= 11 is 0. The maximum absolute atomic E-state index is 14.1. The van der Waals surface area contributed by atoms with E-state index in [2.05, 4.69) is 5.10 Å². The number of carboxylic acid groups (broad SMARTS) is 1. The van der Waals surface area contributed by atoms with Crippen LogP contribution in [0, 0.1) is 11.6 Å². The maximum atomic E-state index is 14.1. The molecule has 0 atom stereocenters. The quantitative estimate of drug-likeness (QED) is 0.801. The van der Waals surface area contributed by atoms with Gasteiger partial charge in [-0.15, -0.1) is 0 Å². The summed E-state index contributed by atoms with van der Waals surface area (Å²) in [6.45, 7) is 0.498. The lowest BCUT2D eigenvalue weighted by molar-refractivity contribution is 0.0690. The minimum absolute atomic E-state index is 0.0215. The second kappa shape index (κ2) is 6.00. The third kappa shape index (κ3) is 2.96. The van der Waals surface area contributed by atoms with Crippen LogP contribution in [0.25, 0.3) is 11.1 Å². The zero-order valence-electron chi connectivity index (χ0n) is 11.9. The first-order valence-electron chi connectivity index (χ1n) is 6.84. The Balaban J connectivity index is 1.92. The van der Waals surface area contributed by atoms with Gasteiger partial charge in [0.05, 0.1) is 18.3 Å². The number of aromatic nitrogens is 2. The van der Waals surface area contributed by atoms with Gasteiger partial charge in [0, 0.05) is 17.3 Å². The number of nitrogens with zero attached hydrogens (tertiary/aromatic N) is 2. The Morgan fingerprint density at radius 3 is 2.52 bits per heavy atom. The molecule has 1 aromatic heterocycles. The predicted octanol–water partition coefficient (Wildman–Crippen LogP) is 3.57. The number of aromatic carboxylic acids is 1. The summed E-state index contributed by atoms with van der Waals surface area (Å²) in [5, 5.41) is 12.9. The van der Waals surface area contributed by atoms with Gasteiger partial charge in [-0.1, -0.05) is 36.4 Å². The largest absolute Gasteiger partial charge is 0.478 e. The topological polar surface area (TPSA) is 55.1 Å². The molecule has 0 aliphatic heterocycles. The monoisotopic (exact) mass is 314 g/mol. The lowest BCUT2D eigenvalue weighted by atomic mass is 10.1. The first-order chi connectivity index (χ1) is 11.1. The second-order valence-corrected chi connectivity index (χ2v) is 5.01. The fraction of sp³-hybridized carbons (Fsp3) is 0.0588. The van der Waals surface area contributed by atoms with Crippen LogP contribution in [-0.4, -0.2) is 20.9 Å². The Morgan fingerprint density at radius 2 is 1.83 bits per heavy atom. The molecule has 2 aromatic carbocycles. The Hall–Kier alpha value is -3.02. The van der Waals surface area contributed by atoms with Gasteiger partial charge in [-0.25, -0.2) is 13.6 Å². The fourth-order valence-electron chi connectivity index (χ4n) is 2.30. The Bertz CT molecular complexity index is 860. The molecule has 0 saturated heterocycles. The van der Waals surface area contributed by atoms with E-state index < -0.39 is 23.2 Å². The lowest BCUT2D eigenvalue weighted by Gasteiger charge is -2.04. The molecule has 3 rings (SSSR count). The van der Waals surface area contributed by atoms with Crippen LogP contribution in [0.15, 0.2) is 54.9 Å².